The van der Waals surface area contributed by atoms with E-state index in [1.807, 2.05) is 0 Å². The molecule has 0 spiro atoms. The van der Waals surface area contributed by atoms with Gasteiger partial charge in [0.25, 0.3) is 5.56 Å². The molecule has 3 aromatic rings. The van der Waals surface area contributed by atoms with Crippen molar-refractivity contribution in [2.75, 3.05) is 45.8 Å². The molecular weight excluding hydrogens is 561 g/mol. The van der Waals surface area contributed by atoms with Crippen LogP contribution in [0.25, 0.3) is 22.2 Å². The van der Waals surface area contributed by atoms with Crippen molar-refractivity contribution in [1.82, 2.24) is 19.4 Å². The lowest BCUT2D eigenvalue weighted by molar-refractivity contribution is -0.120. The Balaban J connectivity index is 1.77. The molecule has 0 unspecified atom stereocenters. The fourth-order valence-electron chi connectivity index (χ4n) is 4.51. The number of pyridine rings is 1. The number of nitrogens with one attached hydrogen (secondary N) is 1. The highest BCUT2D eigenvalue weighted by molar-refractivity contribution is 6.41. The van der Waals surface area contributed by atoms with Crippen LogP contribution in [0.15, 0.2) is 23.1 Å². The largest absolute Gasteiger partial charge is 0.495 e. The van der Waals surface area contributed by atoms with Gasteiger partial charge in [0.15, 0.2) is 0 Å². The fraction of sp³-hybridized carbons (Fsp3) is 0.481. The van der Waals surface area contributed by atoms with Crippen molar-refractivity contribution in [2.45, 2.75) is 44.9 Å². The Labute approximate surface area is 242 Å². The van der Waals surface area contributed by atoms with Gasteiger partial charge in [0.05, 0.1) is 54.7 Å². The molecule has 2 aromatic heterocycles. The predicted molar refractivity (Wildman–Crippen MR) is 154 cm³/mol. The number of piperidine rings is 1. The predicted octanol–water partition coefficient (Wildman–Crippen LogP) is 3.60. The lowest BCUT2D eigenvalue weighted by Crippen LogP contribution is -2.36. The minimum atomic E-state index is -0.992. The highest BCUT2D eigenvalue weighted by atomic mass is 35.5. The second-order valence-electron chi connectivity index (χ2n) is 10.1. The Hall–Kier alpha value is -3.12. The molecule has 0 aliphatic carbocycles. The van der Waals surface area contributed by atoms with Crippen molar-refractivity contribution in [3.05, 3.63) is 38.7 Å². The van der Waals surface area contributed by atoms with E-state index < -0.39 is 11.2 Å². The lowest BCUT2D eigenvalue weighted by atomic mass is 10.0. The zero-order chi connectivity index (χ0) is 29.0. The molecule has 1 aliphatic rings. The summed E-state index contributed by atoms with van der Waals surface area (Å²) in [6, 6.07) is 3.19. The number of methoxy groups -OCH3 is 2. The standard InChI is InChI=1S/C27H33Cl2N5O6/c1-27(2,37)14-31-26-30-13-16-11-18(21-22(28)19(38-3)12-20(39-4)23(21)29)25(36)34(24(16)32-26)9-10-40-17-5-7-33(15-35)8-6-17/h11-13,15,17,37H,5-10,14H2,1-4H3,(H,30,31,32). The molecule has 0 radical (unpaired) electrons. The summed E-state index contributed by atoms with van der Waals surface area (Å²) in [5.41, 5.74) is -0.512. The third-order valence-electron chi connectivity index (χ3n) is 6.64. The summed E-state index contributed by atoms with van der Waals surface area (Å²) in [6.45, 7) is 5.22. The van der Waals surface area contributed by atoms with Crippen LogP contribution in [0.1, 0.15) is 26.7 Å². The van der Waals surface area contributed by atoms with Gasteiger partial charge < -0.3 is 29.5 Å². The summed E-state index contributed by atoms with van der Waals surface area (Å²) < 4.78 is 18.4. The minimum Gasteiger partial charge on any atom is -0.495 e. The average Bonchev–Trinajstić information content (AvgIpc) is 2.93. The molecule has 1 aliphatic heterocycles. The van der Waals surface area contributed by atoms with Crippen LogP contribution in [0.2, 0.25) is 10.0 Å². The van der Waals surface area contributed by atoms with Crippen LogP contribution in [-0.4, -0.2) is 83.1 Å². The number of hydrogen-bond donors (Lipinski definition) is 2. The Morgan fingerprint density at radius 1 is 1.15 bits per heavy atom. The lowest BCUT2D eigenvalue weighted by Gasteiger charge is -2.29. The molecule has 1 aromatic carbocycles. The molecule has 13 heteroatoms. The number of likely N-dealkylation sites (tertiary alicyclic amines) is 1. The van der Waals surface area contributed by atoms with Crippen molar-refractivity contribution in [3.8, 4) is 22.6 Å². The van der Waals surface area contributed by atoms with Gasteiger partial charge in [-0.15, -0.1) is 0 Å². The van der Waals surface area contributed by atoms with Crippen molar-refractivity contribution in [3.63, 3.8) is 0 Å². The van der Waals surface area contributed by atoms with E-state index in [4.69, 9.17) is 37.4 Å². The van der Waals surface area contributed by atoms with Crippen LogP contribution < -0.4 is 20.3 Å². The summed E-state index contributed by atoms with van der Waals surface area (Å²) in [7, 11) is 2.92. The molecule has 40 heavy (non-hydrogen) atoms. The minimum absolute atomic E-state index is 0.0217. The number of halogens is 2. The van der Waals surface area contributed by atoms with Gasteiger partial charge in [-0.05, 0) is 32.8 Å². The highest BCUT2D eigenvalue weighted by Gasteiger charge is 2.24. The average molecular weight is 594 g/mol. The number of amides is 1. The maximum atomic E-state index is 14.0. The number of rotatable bonds is 11. The van der Waals surface area contributed by atoms with Crippen LogP contribution in [0.4, 0.5) is 5.95 Å². The maximum Gasteiger partial charge on any atom is 0.260 e. The van der Waals surface area contributed by atoms with Gasteiger partial charge in [-0.25, -0.2) is 4.98 Å². The van der Waals surface area contributed by atoms with Gasteiger partial charge in [0.2, 0.25) is 12.4 Å². The van der Waals surface area contributed by atoms with Crippen LogP contribution in [0.5, 0.6) is 11.5 Å². The van der Waals surface area contributed by atoms with Gasteiger partial charge in [-0.2, -0.15) is 4.98 Å². The topological polar surface area (TPSA) is 128 Å². The van der Waals surface area contributed by atoms with Crippen molar-refractivity contribution < 1.29 is 24.1 Å². The SMILES string of the molecule is COc1cc(OC)c(Cl)c(-c2cc3cnc(NCC(C)(C)O)nc3n(CCOC3CCN(C=O)CC3)c2=O)c1Cl. The van der Waals surface area contributed by atoms with Crippen molar-refractivity contribution >= 4 is 46.6 Å². The number of aliphatic hydroxyl groups is 1. The number of nitrogens with zero attached hydrogens (tertiary/aromatic N) is 4. The summed E-state index contributed by atoms with van der Waals surface area (Å²) in [4.78, 5) is 35.7. The van der Waals surface area contributed by atoms with E-state index in [1.54, 1.807) is 37.1 Å². The first-order valence-electron chi connectivity index (χ1n) is 12.8. The second-order valence-corrected chi connectivity index (χ2v) is 10.9. The third kappa shape index (κ3) is 6.60. The third-order valence-corrected chi connectivity index (χ3v) is 7.39. The van der Waals surface area contributed by atoms with E-state index in [1.165, 1.54) is 18.8 Å². The quantitative estimate of drug-likeness (QED) is 0.320. The normalized spacial score (nSPS) is 14.4. The summed E-state index contributed by atoms with van der Waals surface area (Å²) in [6.07, 6.45) is 3.85. The highest BCUT2D eigenvalue weighted by Crippen LogP contribution is 2.45. The molecule has 2 N–H and O–H groups in total. The smallest absolute Gasteiger partial charge is 0.260 e. The summed E-state index contributed by atoms with van der Waals surface area (Å²) >= 11 is 13.3. The molecule has 216 valence electrons. The van der Waals surface area contributed by atoms with Crippen molar-refractivity contribution in [1.29, 1.82) is 0 Å². The monoisotopic (exact) mass is 593 g/mol. The number of anilines is 1. The molecule has 4 rings (SSSR count). The molecule has 3 heterocycles. The Morgan fingerprint density at radius 3 is 2.38 bits per heavy atom. The van der Waals surface area contributed by atoms with E-state index in [0.29, 0.717) is 35.6 Å². The maximum absolute atomic E-state index is 14.0. The van der Waals surface area contributed by atoms with E-state index in [0.717, 1.165) is 19.3 Å². The van der Waals surface area contributed by atoms with Gasteiger partial charge in [0, 0.05) is 42.8 Å². The van der Waals surface area contributed by atoms with Crippen LogP contribution in [0, 0.1) is 0 Å². The van der Waals surface area contributed by atoms with E-state index >= 15 is 0 Å². The van der Waals surface area contributed by atoms with Gasteiger partial charge in [-0.3, -0.25) is 14.2 Å². The first-order valence-corrected chi connectivity index (χ1v) is 13.6. The van der Waals surface area contributed by atoms with E-state index in [-0.39, 0.29) is 52.9 Å². The van der Waals surface area contributed by atoms with E-state index in [9.17, 15) is 14.7 Å². The van der Waals surface area contributed by atoms with Crippen LogP contribution >= 0.6 is 23.2 Å². The van der Waals surface area contributed by atoms with Gasteiger partial charge in [-0.1, -0.05) is 23.2 Å². The molecule has 0 saturated carbocycles. The number of carbonyl (C=O) groups excluding carboxylic acids is 1. The number of fused-ring (bicyclic) bond motifs is 1. The molecule has 0 bridgehead atoms. The first kappa shape index (κ1) is 29.9. The Bertz CT molecular complexity index is 1410. The Morgan fingerprint density at radius 2 is 1.80 bits per heavy atom. The zero-order valence-corrected chi connectivity index (χ0v) is 24.4. The first-order chi connectivity index (χ1) is 19.1. The number of aromatic nitrogens is 3. The number of hydrogen-bond acceptors (Lipinski definition) is 9. The molecule has 0 atom stereocenters. The molecule has 1 amide bonds. The van der Waals surface area contributed by atoms with Crippen molar-refractivity contribution in [2.24, 2.45) is 0 Å². The Kier molecular flexibility index (Phi) is 9.40. The second kappa shape index (κ2) is 12.6. The van der Waals surface area contributed by atoms with E-state index in [2.05, 4.69) is 15.3 Å². The summed E-state index contributed by atoms with van der Waals surface area (Å²) in [5, 5.41) is 14.0. The van der Waals surface area contributed by atoms with Gasteiger partial charge in [0.1, 0.15) is 17.1 Å². The zero-order valence-electron chi connectivity index (χ0n) is 22.9. The number of benzene rings is 1. The fourth-order valence-corrected chi connectivity index (χ4v) is 5.21. The molecule has 11 nitrogen and oxygen atoms in total. The molecule has 1 saturated heterocycles. The summed E-state index contributed by atoms with van der Waals surface area (Å²) in [5.74, 6) is 0.865. The molecular formula is C27H33Cl2N5O6. The van der Waals surface area contributed by atoms with Crippen LogP contribution in [-0.2, 0) is 16.1 Å². The number of ether oxygens (including phenoxy) is 3. The van der Waals surface area contributed by atoms with Gasteiger partial charge >= 0.3 is 0 Å². The number of carbonyl (C=O) groups is 1. The molecule has 1 fully saturated rings. The van der Waals surface area contributed by atoms with Crippen LogP contribution in [0.3, 0.4) is 0 Å².